The molecule has 3 aromatic rings. The minimum absolute atomic E-state index is 0.253. The molecule has 22 heavy (non-hydrogen) atoms. The van der Waals surface area contributed by atoms with Crippen LogP contribution >= 0.6 is 15.9 Å². The number of furan rings is 1. The molecule has 1 aliphatic heterocycles. The Labute approximate surface area is 134 Å². The molecule has 8 heteroatoms. The van der Waals surface area contributed by atoms with E-state index in [9.17, 15) is 0 Å². The Kier molecular flexibility index (Phi) is 3.47. The van der Waals surface area contributed by atoms with E-state index in [0.717, 1.165) is 30.1 Å². The summed E-state index contributed by atoms with van der Waals surface area (Å²) in [5, 5.41) is 3.95. The molecule has 0 bridgehead atoms. The van der Waals surface area contributed by atoms with E-state index in [1.54, 1.807) is 18.5 Å². The second-order valence-electron chi connectivity index (χ2n) is 5.13. The Bertz CT molecular complexity index is 766. The smallest absolute Gasteiger partial charge is 0.240 e. The van der Waals surface area contributed by atoms with Gasteiger partial charge in [-0.25, -0.2) is 9.97 Å². The Morgan fingerprint density at radius 3 is 2.73 bits per heavy atom. The van der Waals surface area contributed by atoms with Crippen molar-refractivity contribution in [3.05, 3.63) is 46.9 Å². The molecule has 1 aliphatic rings. The number of rotatable bonds is 4. The predicted octanol–water partition coefficient (Wildman–Crippen LogP) is 2.48. The van der Waals surface area contributed by atoms with Gasteiger partial charge in [-0.1, -0.05) is 5.16 Å². The molecule has 0 saturated carbocycles. The number of halogens is 1. The third-order valence-electron chi connectivity index (χ3n) is 3.52. The normalized spacial score (nSPS) is 15.9. The predicted molar refractivity (Wildman–Crippen MR) is 79.8 cm³/mol. The fourth-order valence-corrected chi connectivity index (χ4v) is 2.76. The average Bonchev–Trinajstić information content (AvgIpc) is 3.12. The monoisotopic (exact) mass is 361 g/mol. The van der Waals surface area contributed by atoms with Crippen molar-refractivity contribution in [1.82, 2.24) is 25.0 Å². The molecule has 7 nitrogen and oxygen atoms in total. The zero-order chi connectivity index (χ0) is 14.9. The Morgan fingerprint density at radius 2 is 2.00 bits per heavy atom. The summed E-state index contributed by atoms with van der Waals surface area (Å²) in [6.07, 6.45) is 3.32. The number of aromatic nitrogens is 4. The standard InChI is InChI=1S/C14H12BrN5O2/c15-11-3-2-10(21-11)8-20-6-9(7-20)14-18-13(19-22-14)12-16-4-1-5-17-12/h1-5,9H,6-8H2. The summed E-state index contributed by atoms with van der Waals surface area (Å²) < 4.78 is 11.6. The van der Waals surface area contributed by atoms with Crippen molar-refractivity contribution >= 4 is 15.9 Å². The second kappa shape index (κ2) is 5.62. The van der Waals surface area contributed by atoms with Gasteiger partial charge in [-0.2, -0.15) is 4.98 Å². The summed E-state index contributed by atoms with van der Waals surface area (Å²) in [4.78, 5) is 14.9. The van der Waals surface area contributed by atoms with Gasteiger partial charge in [-0.15, -0.1) is 0 Å². The first-order chi connectivity index (χ1) is 10.8. The number of hydrogen-bond donors (Lipinski definition) is 0. The number of likely N-dealkylation sites (tertiary alicyclic amines) is 1. The lowest BCUT2D eigenvalue weighted by molar-refractivity contribution is 0.108. The molecule has 0 radical (unpaired) electrons. The van der Waals surface area contributed by atoms with Crippen LogP contribution in [0, 0.1) is 0 Å². The van der Waals surface area contributed by atoms with Gasteiger partial charge in [-0.3, -0.25) is 4.90 Å². The van der Waals surface area contributed by atoms with Crippen LogP contribution in [0.2, 0.25) is 0 Å². The SMILES string of the molecule is Brc1ccc(CN2CC(c3nc(-c4ncccn4)no3)C2)o1. The maximum Gasteiger partial charge on any atom is 0.240 e. The van der Waals surface area contributed by atoms with Gasteiger partial charge >= 0.3 is 0 Å². The molecule has 3 aromatic heterocycles. The van der Waals surface area contributed by atoms with Gasteiger partial charge < -0.3 is 8.94 Å². The third kappa shape index (κ3) is 2.67. The van der Waals surface area contributed by atoms with Crippen molar-refractivity contribution in [1.29, 1.82) is 0 Å². The molecule has 0 N–H and O–H groups in total. The zero-order valence-electron chi connectivity index (χ0n) is 11.5. The van der Waals surface area contributed by atoms with Crippen LogP contribution in [0.25, 0.3) is 11.6 Å². The van der Waals surface area contributed by atoms with E-state index in [2.05, 4.69) is 40.9 Å². The van der Waals surface area contributed by atoms with E-state index in [4.69, 9.17) is 8.94 Å². The lowest BCUT2D eigenvalue weighted by Gasteiger charge is -2.36. The first-order valence-electron chi connectivity index (χ1n) is 6.85. The first-order valence-corrected chi connectivity index (χ1v) is 7.65. The number of hydrogen-bond acceptors (Lipinski definition) is 7. The Morgan fingerprint density at radius 1 is 1.18 bits per heavy atom. The molecule has 0 aliphatic carbocycles. The topological polar surface area (TPSA) is 81.1 Å². The molecule has 4 heterocycles. The van der Waals surface area contributed by atoms with Gasteiger partial charge in [0.25, 0.3) is 0 Å². The summed E-state index contributed by atoms with van der Waals surface area (Å²) in [6.45, 7) is 2.52. The minimum atomic E-state index is 0.253. The zero-order valence-corrected chi connectivity index (χ0v) is 13.1. The van der Waals surface area contributed by atoms with E-state index in [0.29, 0.717) is 17.5 Å². The van der Waals surface area contributed by atoms with E-state index in [-0.39, 0.29) is 5.92 Å². The molecular formula is C14H12BrN5O2. The van der Waals surface area contributed by atoms with Crippen LogP contribution in [0.5, 0.6) is 0 Å². The molecule has 4 rings (SSSR count). The van der Waals surface area contributed by atoms with Crippen molar-refractivity contribution in [2.75, 3.05) is 13.1 Å². The molecule has 0 spiro atoms. The highest BCUT2D eigenvalue weighted by molar-refractivity contribution is 9.10. The Hall–Kier alpha value is -2.06. The molecular weight excluding hydrogens is 350 g/mol. The van der Waals surface area contributed by atoms with Crippen molar-refractivity contribution < 1.29 is 8.94 Å². The highest BCUT2D eigenvalue weighted by Crippen LogP contribution is 2.28. The summed E-state index contributed by atoms with van der Waals surface area (Å²) >= 11 is 3.31. The fourth-order valence-electron chi connectivity index (χ4n) is 2.42. The summed E-state index contributed by atoms with van der Waals surface area (Å²) in [6, 6.07) is 5.62. The molecule has 0 unspecified atom stereocenters. The number of nitrogens with zero attached hydrogens (tertiary/aromatic N) is 5. The van der Waals surface area contributed by atoms with E-state index >= 15 is 0 Å². The molecule has 1 fully saturated rings. The summed E-state index contributed by atoms with van der Waals surface area (Å²) in [7, 11) is 0. The maximum absolute atomic E-state index is 5.50. The van der Waals surface area contributed by atoms with E-state index < -0.39 is 0 Å². The molecule has 0 amide bonds. The average molecular weight is 362 g/mol. The van der Waals surface area contributed by atoms with Gasteiger partial charge in [0.05, 0.1) is 12.5 Å². The van der Waals surface area contributed by atoms with Gasteiger partial charge in [0.2, 0.25) is 17.5 Å². The van der Waals surface area contributed by atoms with Gasteiger partial charge in [0.1, 0.15) is 5.76 Å². The minimum Gasteiger partial charge on any atom is -0.453 e. The van der Waals surface area contributed by atoms with Crippen molar-refractivity contribution in [3.63, 3.8) is 0 Å². The van der Waals surface area contributed by atoms with Gasteiger partial charge in [0.15, 0.2) is 4.67 Å². The van der Waals surface area contributed by atoms with Crippen molar-refractivity contribution in [2.45, 2.75) is 12.5 Å². The van der Waals surface area contributed by atoms with E-state index in [1.165, 1.54) is 0 Å². The van der Waals surface area contributed by atoms with Crippen LogP contribution in [0.1, 0.15) is 17.6 Å². The largest absolute Gasteiger partial charge is 0.453 e. The first kappa shape index (κ1) is 13.6. The molecule has 1 saturated heterocycles. The lowest BCUT2D eigenvalue weighted by Crippen LogP contribution is -2.44. The summed E-state index contributed by atoms with van der Waals surface area (Å²) in [5.41, 5.74) is 0. The molecule has 0 atom stereocenters. The highest BCUT2D eigenvalue weighted by atomic mass is 79.9. The second-order valence-corrected chi connectivity index (χ2v) is 5.91. The third-order valence-corrected chi connectivity index (χ3v) is 3.95. The van der Waals surface area contributed by atoms with Crippen molar-refractivity contribution in [2.24, 2.45) is 0 Å². The highest BCUT2D eigenvalue weighted by Gasteiger charge is 2.33. The van der Waals surface area contributed by atoms with Crippen LogP contribution in [-0.2, 0) is 6.54 Å². The van der Waals surface area contributed by atoms with Crippen molar-refractivity contribution in [3.8, 4) is 11.6 Å². The lowest BCUT2D eigenvalue weighted by atomic mass is 10.00. The fraction of sp³-hybridized carbons (Fsp3) is 0.286. The van der Waals surface area contributed by atoms with Crippen LogP contribution < -0.4 is 0 Å². The summed E-state index contributed by atoms with van der Waals surface area (Å²) in [5.74, 6) is 2.75. The maximum atomic E-state index is 5.50. The van der Waals surface area contributed by atoms with Gasteiger partial charge in [-0.05, 0) is 34.1 Å². The van der Waals surface area contributed by atoms with Gasteiger partial charge in [0, 0.05) is 25.5 Å². The molecule has 112 valence electrons. The van der Waals surface area contributed by atoms with Crippen LogP contribution in [0.4, 0.5) is 0 Å². The van der Waals surface area contributed by atoms with Crippen LogP contribution in [-0.4, -0.2) is 38.1 Å². The quantitative estimate of drug-likeness (QED) is 0.705. The van der Waals surface area contributed by atoms with Crippen LogP contribution in [0.3, 0.4) is 0 Å². The van der Waals surface area contributed by atoms with Crippen LogP contribution in [0.15, 0.2) is 44.2 Å². The van der Waals surface area contributed by atoms with E-state index in [1.807, 2.05) is 12.1 Å². The molecule has 0 aromatic carbocycles. The Balaban J connectivity index is 1.38.